The molecule has 142 valence electrons. The summed E-state index contributed by atoms with van der Waals surface area (Å²) in [5.74, 6) is 1.33. The molecule has 0 fully saturated rings. The van der Waals surface area contributed by atoms with Crippen LogP contribution >= 0.6 is 11.3 Å². The van der Waals surface area contributed by atoms with Crippen LogP contribution in [0.2, 0.25) is 0 Å². The number of pyridine rings is 1. The first kappa shape index (κ1) is 20.0. The van der Waals surface area contributed by atoms with Gasteiger partial charge in [0.15, 0.2) is 11.7 Å². The van der Waals surface area contributed by atoms with Gasteiger partial charge in [0.25, 0.3) is 0 Å². The monoisotopic (exact) mass is 386 g/mol. The maximum absolute atomic E-state index is 12.6. The average molecular weight is 386 g/mol. The van der Waals surface area contributed by atoms with E-state index in [-0.39, 0.29) is 6.54 Å². The van der Waals surface area contributed by atoms with Gasteiger partial charge in [-0.05, 0) is 13.0 Å². The van der Waals surface area contributed by atoms with Crippen molar-refractivity contribution in [2.24, 2.45) is 4.99 Å². The van der Waals surface area contributed by atoms with Crippen LogP contribution < -0.4 is 15.5 Å². The maximum atomic E-state index is 12.6. The largest absolute Gasteiger partial charge is 0.434 e. The third kappa shape index (κ3) is 5.58. The number of guanidine groups is 1. The highest BCUT2D eigenvalue weighted by Crippen LogP contribution is 2.29. The van der Waals surface area contributed by atoms with Crippen molar-refractivity contribution in [2.45, 2.75) is 26.2 Å². The minimum Gasteiger partial charge on any atom is -0.362 e. The molecule has 6 nitrogen and oxygen atoms in total. The molecule has 0 spiro atoms. The SMILES string of the molecule is CCNC(=NCc1cccnc1N(C)C)NCc1nc(C(F)(F)F)cs1. The molecule has 0 saturated carbocycles. The van der Waals surface area contributed by atoms with Gasteiger partial charge in [0.1, 0.15) is 10.8 Å². The molecule has 2 aromatic rings. The van der Waals surface area contributed by atoms with E-state index in [1.54, 1.807) is 6.20 Å². The van der Waals surface area contributed by atoms with Gasteiger partial charge in [-0.15, -0.1) is 11.3 Å². The fourth-order valence-electron chi connectivity index (χ4n) is 2.14. The highest BCUT2D eigenvalue weighted by atomic mass is 32.1. The number of aromatic nitrogens is 2. The number of hydrogen-bond donors (Lipinski definition) is 2. The van der Waals surface area contributed by atoms with Crippen LogP contribution in [0.1, 0.15) is 23.2 Å². The third-order valence-electron chi connectivity index (χ3n) is 3.29. The summed E-state index contributed by atoms with van der Waals surface area (Å²) >= 11 is 0.964. The Labute approximate surface area is 154 Å². The van der Waals surface area contributed by atoms with Gasteiger partial charge in [-0.2, -0.15) is 13.2 Å². The van der Waals surface area contributed by atoms with Gasteiger partial charge in [0, 0.05) is 37.8 Å². The average Bonchev–Trinajstić information content (AvgIpc) is 3.07. The second-order valence-corrected chi connectivity index (χ2v) is 6.50. The van der Waals surface area contributed by atoms with E-state index >= 15 is 0 Å². The Balaban J connectivity index is 2.04. The van der Waals surface area contributed by atoms with Crippen molar-refractivity contribution in [2.75, 3.05) is 25.5 Å². The first-order valence-corrected chi connectivity index (χ1v) is 8.84. The van der Waals surface area contributed by atoms with Crippen LogP contribution in [0.3, 0.4) is 0 Å². The number of alkyl halides is 3. The van der Waals surface area contributed by atoms with E-state index in [0.29, 0.717) is 24.1 Å². The molecule has 2 N–H and O–H groups in total. The topological polar surface area (TPSA) is 65.4 Å². The second-order valence-electron chi connectivity index (χ2n) is 5.55. The van der Waals surface area contributed by atoms with Gasteiger partial charge in [-0.25, -0.2) is 15.0 Å². The lowest BCUT2D eigenvalue weighted by Gasteiger charge is -2.15. The van der Waals surface area contributed by atoms with E-state index in [1.165, 1.54) is 0 Å². The Kier molecular flexibility index (Phi) is 6.78. The molecule has 2 heterocycles. The Morgan fingerprint density at radius 1 is 1.31 bits per heavy atom. The van der Waals surface area contributed by atoms with Crippen LogP contribution in [0.5, 0.6) is 0 Å². The Morgan fingerprint density at radius 2 is 2.08 bits per heavy atom. The van der Waals surface area contributed by atoms with Gasteiger partial charge in [0.05, 0.1) is 13.1 Å². The Hall–Kier alpha value is -2.36. The summed E-state index contributed by atoms with van der Waals surface area (Å²) in [6.07, 6.45) is -2.71. The molecule has 0 atom stereocenters. The van der Waals surface area contributed by atoms with E-state index < -0.39 is 11.9 Å². The maximum Gasteiger partial charge on any atom is 0.434 e. The standard InChI is InChI=1S/C16H21F3N6S/c1-4-20-15(22-8-11-6-5-7-21-14(11)25(2)3)23-9-13-24-12(10-26-13)16(17,18)19/h5-7,10H,4,8-9H2,1-3H3,(H2,20,22,23). The van der Waals surface area contributed by atoms with Crippen molar-refractivity contribution >= 4 is 23.1 Å². The van der Waals surface area contributed by atoms with Crippen LogP contribution in [-0.4, -0.2) is 36.6 Å². The van der Waals surface area contributed by atoms with Crippen LogP contribution in [0, 0.1) is 0 Å². The Bertz CT molecular complexity index is 742. The molecule has 0 saturated heterocycles. The zero-order chi connectivity index (χ0) is 19.2. The number of halogens is 3. The molecule has 0 amide bonds. The molecule has 0 aliphatic carbocycles. The molecule has 2 rings (SSSR count). The molecule has 0 aromatic carbocycles. The van der Waals surface area contributed by atoms with Crippen LogP contribution in [-0.2, 0) is 19.3 Å². The lowest BCUT2D eigenvalue weighted by molar-refractivity contribution is -0.140. The molecule has 0 radical (unpaired) electrons. The number of hydrogen-bond acceptors (Lipinski definition) is 5. The van der Waals surface area contributed by atoms with Crippen LogP contribution in [0.15, 0.2) is 28.7 Å². The zero-order valence-electron chi connectivity index (χ0n) is 14.8. The smallest absolute Gasteiger partial charge is 0.362 e. The van der Waals surface area contributed by atoms with Crippen molar-refractivity contribution in [3.63, 3.8) is 0 Å². The number of nitrogens with one attached hydrogen (secondary N) is 2. The minimum atomic E-state index is -4.42. The number of thiazole rings is 1. The first-order chi connectivity index (χ1) is 12.3. The molecular weight excluding hydrogens is 365 g/mol. The molecule has 0 unspecified atom stereocenters. The van der Waals surface area contributed by atoms with E-state index in [4.69, 9.17) is 0 Å². The predicted octanol–water partition coefficient (Wildman–Crippen LogP) is 2.88. The molecule has 10 heteroatoms. The van der Waals surface area contributed by atoms with Crippen molar-refractivity contribution in [1.82, 2.24) is 20.6 Å². The summed E-state index contributed by atoms with van der Waals surface area (Å²) < 4.78 is 37.8. The second kappa shape index (κ2) is 8.84. The lowest BCUT2D eigenvalue weighted by Crippen LogP contribution is -2.36. The van der Waals surface area contributed by atoms with Crippen molar-refractivity contribution in [1.29, 1.82) is 0 Å². The quantitative estimate of drug-likeness (QED) is 0.590. The molecule has 0 bridgehead atoms. The number of nitrogens with zero attached hydrogens (tertiary/aromatic N) is 4. The van der Waals surface area contributed by atoms with Gasteiger partial charge in [0.2, 0.25) is 0 Å². The van der Waals surface area contributed by atoms with Crippen molar-refractivity contribution < 1.29 is 13.2 Å². The van der Waals surface area contributed by atoms with E-state index in [2.05, 4.69) is 25.6 Å². The first-order valence-electron chi connectivity index (χ1n) is 7.96. The number of aliphatic imine (C=N–C) groups is 1. The molecular formula is C16H21F3N6S. The lowest BCUT2D eigenvalue weighted by atomic mass is 10.2. The summed E-state index contributed by atoms with van der Waals surface area (Å²) in [6.45, 7) is 3.10. The van der Waals surface area contributed by atoms with E-state index in [0.717, 1.165) is 28.1 Å². The summed E-state index contributed by atoms with van der Waals surface area (Å²) in [5, 5.41) is 7.43. The van der Waals surface area contributed by atoms with Gasteiger partial charge >= 0.3 is 6.18 Å². The minimum absolute atomic E-state index is 0.167. The molecule has 0 aliphatic heterocycles. The third-order valence-corrected chi connectivity index (χ3v) is 4.14. The summed E-state index contributed by atoms with van der Waals surface area (Å²) in [6, 6.07) is 3.78. The Morgan fingerprint density at radius 3 is 2.69 bits per heavy atom. The zero-order valence-corrected chi connectivity index (χ0v) is 15.6. The fourth-order valence-corrected chi connectivity index (χ4v) is 2.88. The number of rotatable bonds is 6. The normalized spacial score (nSPS) is 12.2. The number of anilines is 1. The summed E-state index contributed by atoms with van der Waals surface area (Å²) in [7, 11) is 3.80. The van der Waals surface area contributed by atoms with E-state index in [9.17, 15) is 13.2 Å². The van der Waals surface area contributed by atoms with E-state index in [1.807, 2.05) is 38.1 Å². The van der Waals surface area contributed by atoms with Gasteiger partial charge in [-0.1, -0.05) is 6.07 Å². The highest BCUT2D eigenvalue weighted by Gasteiger charge is 2.33. The molecule has 26 heavy (non-hydrogen) atoms. The van der Waals surface area contributed by atoms with Crippen LogP contribution in [0.25, 0.3) is 0 Å². The van der Waals surface area contributed by atoms with Crippen LogP contribution in [0.4, 0.5) is 19.0 Å². The summed E-state index contributed by atoms with van der Waals surface area (Å²) in [5.41, 5.74) is 0.0792. The summed E-state index contributed by atoms with van der Waals surface area (Å²) in [4.78, 5) is 14.3. The molecule has 2 aromatic heterocycles. The molecule has 0 aliphatic rings. The predicted molar refractivity (Wildman–Crippen MR) is 97.3 cm³/mol. The van der Waals surface area contributed by atoms with Gasteiger partial charge < -0.3 is 15.5 Å². The highest BCUT2D eigenvalue weighted by molar-refractivity contribution is 7.09. The van der Waals surface area contributed by atoms with Crippen molar-refractivity contribution in [3.8, 4) is 0 Å². The fraction of sp³-hybridized carbons (Fsp3) is 0.438. The van der Waals surface area contributed by atoms with Gasteiger partial charge in [-0.3, -0.25) is 0 Å². The van der Waals surface area contributed by atoms with Crippen molar-refractivity contribution in [3.05, 3.63) is 40.0 Å².